The molecule has 0 saturated heterocycles. The van der Waals surface area contributed by atoms with Crippen molar-refractivity contribution in [3.05, 3.63) is 30.4 Å². The lowest BCUT2D eigenvalue weighted by atomic mass is 9.84. The second-order valence-corrected chi connectivity index (χ2v) is 7.22. The zero-order valence-electron chi connectivity index (χ0n) is 15.2. The van der Waals surface area contributed by atoms with Gasteiger partial charge in [0.25, 0.3) is 5.91 Å². The van der Waals surface area contributed by atoms with Crippen LogP contribution in [-0.2, 0) is 7.05 Å². The van der Waals surface area contributed by atoms with Crippen LogP contribution in [0.15, 0.2) is 24.8 Å². The Morgan fingerprint density at radius 2 is 2.12 bits per heavy atom. The highest BCUT2D eigenvalue weighted by Crippen LogP contribution is 2.27. The number of aromatic amines is 1. The average molecular weight is 352 g/mol. The Morgan fingerprint density at radius 3 is 2.85 bits per heavy atom. The normalized spacial score (nSPS) is 16.7. The van der Waals surface area contributed by atoms with Gasteiger partial charge in [-0.3, -0.25) is 9.48 Å². The number of aromatic nitrogens is 5. The van der Waals surface area contributed by atoms with Gasteiger partial charge >= 0.3 is 0 Å². The number of nitrogens with one attached hydrogen (secondary N) is 2. The summed E-state index contributed by atoms with van der Waals surface area (Å²) in [6.07, 6.45) is 13.2. The molecular formula is C19H24N6O. The molecule has 7 heteroatoms. The van der Waals surface area contributed by atoms with Crippen LogP contribution in [-0.4, -0.2) is 36.7 Å². The van der Waals surface area contributed by atoms with E-state index in [4.69, 9.17) is 0 Å². The van der Waals surface area contributed by atoms with Crippen molar-refractivity contribution in [1.82, 2.24) is 30.0 Å². The van der Waals surface area contributed by atoms with Crippen LogP contribution in [0.5, 0.6) is 0 Å². The SMILES string of the molecule is CC(NC(=O)c1c[nH]c2ncc(-c3cnn(C)c3)nc12)C1CCCCC1. The van der Waals surface area contributed by atoms with Gasteiger partial charge in [-0.2, -0.15) is 5.10 Å². The molecule has 1 amide bonds. The smallest absolute Gasteiger partial charge is 0.255 e. The highest BCUT2D eigenvalue weighted by atomic mass is 16.1. The number of rotatable bonds is 4. The van der Waals surface area contributed by atoms with Gasteiger partial charge in [-0.1, -0.05) is 19.3 Å². The Hall–Kier alpha value is -2.70. The van der Waals surface area contributed by atoms with Gasteiger partial charge < -0.3 is 10.3 Å². The molecule has 0 aliphatic heterocycles. The largest absolute Gasteiger partial charge is 0.349 e. The molecule has 1 aliphatic rings. The first kappa shape index (κ1) is 16.8. The van der Waals surface area contributed by atoms with E-state index in [1.807, 2.05) is 13.2 Å². The maximum absolute atomic E-state index is 12.8. The molecule has 3 aromatic heterocycles. The van der Waals surface area contributed by atoms with Crippen molar-refractivity contribution >= 4 is 17.1 Å². The Bertz CT molecular complexity index is 921. The first-order valence-corrected chi connectivity index (χ1v) is 9.26. The number of hydrogen-bond acceptors (Lipinski definition) is 4. The van der Waals surface area contributed by atoms with Gasteiger partial charge in [0, 0.05) is 31.0 Å². The van der Waals surface area contributed by atoms with Crippen LogP contribution in [0.25, 0.3) is 22.4 Å². The van der Waals surface area contributed by atoms with E-state index in [9.17, 15) is 4.79 Å². The van der Waals surface area contributed by atoms with Crippen molar-refractivity contribution in [3.8, 4) is 11.3 Å². The molecular weight excluding hydrogens is 328 g/mol. The minimum absolute atomic E-state index is 0.0908. The zero-order valence-corrected chi connectivity index (χ0v) is 15.2. The van der Waals surface area contributed by atoms with Crippen LogP contribution < -0.4 is 5.32 Å². The van der Waals surface area contributed by atoms with Crippen LogP contribution in [0, 0.1) is 5.92 Å². The molecule has 7 nitrogen and oxygen atoms in total. The zero-order chi connectivity index (χ0) is 18.1. The number of H-pyrrole nitrogens is 1. The fourth-order valence-corrected chi connectivity index (χ4v) is 3.79. The molecule has 3 heterocycles. The lowest BCUT2D eigenvalue weighted by molar-refractivity contribution is 0.0921. The highest BCUT2D eigenvalue weighted by molar-refractivity contribution is 6.04. The maximum Gasteiger partial charge on any atom is 0.255 e. The first-order chi connectivity index (χ1) is 12.6. The van der Waals surface area contributed by atoms with E-state index in [1.54, 1.807) is 23.3 Å². The number of nitrogens with zero attached hydrogens (tertiary/aromatic N) is 4. The third kappa shape index (κ3) is 3.21. The van der Waals surface area contributed by atoms with Crippen LogP contribution in [0.4, 0.5) is 0 Å². The van der Waals surface area contributed by atoms with E-state index < -0.39 is 0 Å². The fourth-order valence-electron chi connectivity index (χ4n) is 3.79. The van der Waals surface area contributed by atoms with Crippen LogP contribution in [0.1, 0.15) is 49.4 Å². The molecule has 4 rings (SSSR count). The maximum atomic E-state index is 12.8. The van der Waals surface area contributed by atoms with E-state index in [1.165, 1.54) is 32.1 Å². The molecule has 2 N–H and O–H groups in total. The van der Waals surface area contributed by atoms with Gasteiger partial charge in [0.1, 0.15) is 5.52 Å². The third-order valence-corrected chi connectivity index (χ3v) is 5.34. The second-order valence-electron chi connectivity index (χ2n) is 7.22. The number of fused-ring (bicyclic) bond motifs is 1. The molecule has 1 atom stereocenters. The van der Waals surface area contributed by atoms with Crippen molar-refractivity contribution in [1.29, 1.82) is 0 Å². The Kier molecular flexibility index (Phi) is 4.44. The number of amides is 1. The van der Waals surface area contributed by atoms with Crippen LogP contribution in [0.3, 0.4) is 0 Å². The summed E-state index contributed by atoms with van der Waals surface area (Å²) in [6, 6.07) is 0.169. The minimum Gasteiger partial charge on any atom is -0.349 e. The number of carbonyl (C=O) groups is 1. The van der Waals surface area contributed by atoms with Crippen molar-refractivity contribution in [2.45, 2.75) is 45.1 Å². The van der Waals surface area contributed by atoms with Crippen molar-refractivity contribution in [3.63, 3.8) is 0 Å². The predicted molar refractivity (Wildman–Crippen MR) is 99.6 cm³/mol. The quantitative estimate of drug-likeness (QED) is 0.755. The molecule has 0 aromatic carbocycles. The number of carbonyl (C=O) groups excluding carboxylic acids is 1. The first-order valence-electron chi connectivity index (χ1n) is 9.26. The second kappa shape index (κ2) is 6.90. The number of aryl methyl sites for hydroxylation is 1. The molecule has 3 aromatic rings. The van der Waals surface area contributed by atoms with Gasteiger partial charge in [-0.05, 0) is 25.7 Å². The van der Waals surface area contributed by atoms with Gasteiger partial charge in [0.05, 0.1) is 23.7 Å². The highest BCUT2D eigenvalue weighted by Gasteiger charge is 2.23. The van der Waals surface area contributed by atoms with E-state index in [2.05, 4.69) is 32.3 Å². The Balaban J connectivity index is 1.58. The van der Waals surface area contributed by atoms with Gasteiger partial charge in [-0.15, -0.1) is 0 Å². The summed E-state index contributed by atoms with van der Waals surface area (Å²) >= 11 is 0. The molecule has 0 radical (unpaired) electrons. The fraction of sp³-hybridized carbons (Fsp3) is 0.474. The molecule has 0 spiro atoms. The summed E-state index contributed by atoms with van der Waals surface area (Å²) in [7, 11) is 1.86. The number of hydrogen-bond donors (Lipinski definition) is 2. The summed E-state index contributed by atoms with van der Waals surface area (Å²) in [5, 5.41) is 7.34. The summed E-state index contributed by atoms with van der Waals surface area (Å²) in [5.74, 6) is 0.474. The lowest BCUT2D eigenvalue weighted by Crippen LogP contribution is -2.38. The Morgan fingerprint density at radius 1 is 1.31 bits per heavy atom. The third-order valence-electron chi connectivity index (χ3n) is 5.34. The Labute approximate surface area is 152 Å². The molecule has 1 aliphatic carbocycles. The molecule has 0 bridgehead atoms. The predicted octanol–water partition coefficient (Wildman–Crippen LogP) is 3.06. The van der Waals surface area contributed by atoms with E-state index >= 15 is 0 Å². The molecule has 26 heavy (non-hydrogen) atoms. The minimum atomic E-state index is -0.0908. The van der Waals surface area contributed by atoms with Crippen LogP contribution in [0.2, 0.25) is 0 Å². The molecule has 1 saturated carbocycles. The molecule has 1 fully saturated rings. The van der Waals surface area contributed by atoms with E-state index in [0.717, 1.165) is 5.56 Å². The average Bonchev–Trinajstić information content (AvgIpc) is 3.28. The van der Waals surface area contributed by atoms with Gasteiger partial charge in [0.2, 0.25) is 0 Å². The van der Waals surface area contributed by atoms with Crippen molar-refractivity contribution < 1.29 is 4.79 Å². The molecule has 136 valence electrons. The van der Waals surface area contributed by atoms with Gasteiger partial charge in [0.15, 0.2) is 5.65 Å². The lowest BCUT2D eigenvalue weighted by Gasteiger charge is -2.28. The summed E-state index contributed by atoms with van der Waals surface area (Å²) in [4.78, 5) is 24.9. The summed E-state index contributed by atoms with van der Waals surface area (Å²) < 4.78 is 1.72. The summed E-state index contributed by atoms with van der Waals surface area (Å²) in [5.41, 5.74) is 3.35. The topological polar surface area (TPSA) is 88.5 Å². The summed E-state index contributed by atoms with van der Waals surface area (Å²) in [6.45, 7) is 2.11. The molecule has 1 unspecified atom stereocenters. The standard InChI is InChI=1S/C19H24N6O/c1-12(13-6-4-3-5-7-13)23-19(26)15-9-20-18-17(15)24-16(10-21-18)14-8-22-25(2)11-14/h8-13H,3-7H2,1-2H3,(H,20,21)(H,23,26). The monoisotopic (exact) mass is 352 g/mol. The van der Waals surface area contributed by atoms with Gasteiger partial charge in [-0.25, -0.2) is 9.97 Å². The van der Waals surface area contributed by atoms with Crippen molar-refractivity contribution in [2.24, 2.45) is 13.0 Å². The van der Waals surface area contributed by atoms with Crippen LogP contribution >= 0.6 is 0 Å². The van der Waals surface area contributed by atoms with Crippen molar-refractivity contribution in [2.75, 3.05) is 0 Å². The van der Waals surface area contributed by atoms with E-state index in [-0.39, 0.29) is 11.9 Å². The van der Waals surface area contributed by atoms with E-state index in [0.29, 0.717) is 28.3 Å².